The second-order valence-electron chi connectivity index (χ2n) is 8.96. The molecule has 9 heteroatoms. The van der Waals surface area contributed by atoms with Crippen LogP contribution in [0.25, 0.3) is 0 Å². The maximum atomic E-state index is 10.7. The van der Waals surface area contributed by atoms with Crippen LogP contribution in [0.4, 0.5) is 0 Å². The lowest BCUT2D eigenvalue weighted by atomic mass is 9.86. The van der Waals surface area contributed by atoms with E-state index in [4.69, 9.17) is 19.9 Å². The summed E-state index contributed by atoms with van der Waals surface area (Å²) in [6.07, 6.45) is 4.36. The normalized spacial score (nSPS) is 17.8. The van der Waals surface area contributed by atoms with E-state index in [1.54, 1.807) is 28.1 Å². The predicted octanol–water partition coefficient (Wildman–Crippen LogP) is -0.156. The lowest BCUT2D eigenvalue weighted by molar-refractivity contribution is -0.255. The van der Waals surface area contributed by atoms with Crippen LogP contribution in [-0.2, 0) is 14.2 Å². The topological polar surface area (TPSA) is 130 Å². The van der Waals surface area contributed by atoms with Crippen LogP contribution < -0.4 is 21.7 Å². The number of aliphatic hydroxyl groups excluding tert-OH is 1. The lowest BCUT2D eigenvalue weighted by Gasteiger charge is -2.46. The van der Waals surface area contributed by atoms with Crippen molar-refractivity contribution in [3.05, 3.63) is 0 Å². The first-order valence-corrected chi connectivity index (χ1v) is 11.5. The van der Waals surface area contributed by atoms with E-state index in [-0.39, 0.29) is 6.61 Å². The first-order chi connectivity index (χ1) is 14.7. The molecule has 0 heterocycles. The van der Waals surface area contributed by atoms with Gasteiger partial charge in [-0.2, -0.15) is 0 Å². The van der Waals surface area contributed by atoms with Crippen molar-refractivity contribution in [3.63, 3.8) is 0 Å². The Labute approximate surface area is 189 Å². The smallest absolute Gasteiger partial charge is 0.120 e. The fraction of sp³-hybridized carbons (Fsp3) is 1.00. The van der Waals surface area contributed by atoms with Crippen molar-refractivity contribution < 1.29 is 24.4 Å². The van der Waals surface area contributed by atoms with Gasteiger partial charge in [0.2, 0.25) is 0 Å². The molecular weight excluding hydrogens is 400 g/mol. The van der Waals surface area contributed by atoms with Gasteiger partial charge in [-0.25, -0.2) is 0 Å². The third kappa shape index (κ3) is 13.1. The van der Waals surface area contributed by atoms with E-state index in [0.717, 1.165) is 58.5 Å². The van der Waals surface area contributed by atoms with Gasteiger partial charge in [0.25, 0.3) is 0 Å². The number of ether oxygens (including phenoxy) is 3. The van der Waals surface area contributed by atoms with E-state index >= 15 is 0 Å². The molecule has 0 fully saturated rings. The van der Waals surface area contributed by atoms with Crippen molar-refractivity contribution in [3.8, 4) is 0 Å². The van der Waals surface area contributed by atoms with Gasteiger partial charge in [0.05, 0.1) is 19.8 Å². The molecule has 0 aromatic rings. The standard InChI is InChI=1S/C22H50N4O5/c1-20(18-29-4,31-22(3,19-30-5)21(2,28)17-27)16-26-15-9-14-25-12-7-6-11-24-13-8-10-23/h24-28H,6-19,23H2,1-5H3/t20-,21+,22?/m0/s1. The van der Waals surface area contributed by atoms with Gasteiger partial charge in [0, 0.05) is 20.8 Å². The molecule has 0 aliphatic rings. The van der Waals surface area contributed by atoms with E-state index in [1.165, 1.54) is 6.42 Å². The minimum absolute atomic E-state index is 0.145. The molecule has 3 atom stereocenters. The molecule has 0 saturated heterocycles. The van der Waals surface area contributed by atoms with Crippen molar-refractivity contribution in [2.75, 3.05) is 79.9 Å². The summed E-state index contributed by atoms with van der Waals surface area (Å²) >= 11 is 0. The molecule has 0 aromatic heterocycles. The van der Waals surface area contributed by atoms with E-state index in [2.05, 4.69) is 16.0 Å². The maximum Gasteiger partial charge on any atom is 0.120 e. The van der Waals surface area contributed by atoms with Crippen LogP contribution >= 0.6 is 0 Å². The Hall–Kier alpha value is -0.360. The number of methoxy groups -OCH3 is 2. The third-order valence-corrected chi connectivity index (χ3v) is 5.51. The summed E-state index contributed by atoms with van der Waals surface area (Å²) in [6, 6.07) is 0. The number of hydrogen-bond acceptors (Lipinski definition) is 9. The van der Waals surface area contributed by atoms with Gasteiger partial charge >= 0.3 is 0 Å². The highest BCUT2D eigenvalue weighted by Gasteiger charge is 2.48. The molecule has 0 bridgehead atoms. The molecule has 1 unspecified atom stereocenters. The van der Waals surface area contributed by atoms with E-state index < -0.39 is 23.4 Å². The summed E-state index contributed by atoms with van der Waals surface area (Å²) in [7, 11) is 3.17. The molecule has 188 valence electrons. The molecule has 0 spiro atoms. The first kappa shape index (κ1) is 30.6. The molecule has 0 rings (SSSR count). The fourth-order valence-electron chi connectivity index (χ4n) is 3.37. The second-order valence-corrected chi connectivity index (χ2v) is 8.96. The molecule has 0 aromatic carbocycles. The molecule has 0 saturated carbocycles. The zero-order valence-electron chi connectivity index (χ0n) is 20.6. The van der Waals surface area contributed by atoms with E-state index in [1.807, 2.05) is 6.92 Å². The molecule has 7 N–H and O–H groups in total. The zero-order valence-corrected chi connectivity index (χ0v) is 20.6. The van der Waals surface area contributed by atoms with Crippen LogP contribution in [0.5, 0.6) is 0 Å². The summed E-state index contributed by atoms with van der Waals surface area (Å²) in [5, 5.41) is 30.6. The number of aliphatic hydroxyl groups is 2. The van der Waals surface area contributed by atoms with Crippen molar-refractivity contribution in [2.24, 2.45) is 5.73 Å². The number of unbranched alkanes of at least 4 members (excludes halogenated alkanes) is 1. The molecule has 0 aliphatic carbocycles. The number of nitrogens with one attached hydrogen (secondary N) is 3. The third-order valence-electron chi connectivity index (χ3n) is 5.51. The maximum absolute atomic E-state index is 10.7. The molecule has 0 amide bonds. The Balaban J connectivity index is 4.21. The van der Waals surface area contributed by atoms with Crippen molar-refractivity contribution in [1.82, 2.24) is 16.0 Å². The highest BCUT2D eigenvalue weighted by Crippen LogP contribution is 2.31. The Morgan fingerprint density at radius 3 is 1.81 bits per heavy atom. The minimum Gasteiger partial charge on any atom is -0.393 e. The highest BCUT2D eigenvalue weighted by atomic mass is 16.6. The van der Waals surface area contributed by atoms with Crippen LogP contribution in [0.15, 0.2) is 0 Å². The zero-order chi connectivity index (χ0) is 23.6. The van der Waals surface area contributed by atoms with Gasteiger partial charge in [-0.05, 0) is 85.7 Å². The quantitative estimate of drug-likeness (QED) is 0.125. The van der Waals surface area contributed by atoms with Crippen LogP contribution in [0.2, 0.25) is 0 Å². The van der Waals surface area contributed by atoms with Gasteiger partial charge in [-0.1, -0.05) is 0 Å². The minimum atomic E-state index is -1.46. The van der Waals surface area contributed by atoms with Gasteiger partial charge in [0.15, 0.2) is 0 Å². The predicted molar refractivity (Wildman–Crippen MR) is 125 cm³/mol. The van der Waals surface area contributed by atoms with Crippen LogP contribution in [0, 0.1) is 0 Å². The molecule has 0 radical (unpaired) electrons. The van der Waals surface area contributed by atoms with Crippen molar-refractivity contribution >= 4 is 0 Å². The average Bonchev–Trinajstić information content (AvgIpc) is 2.71. The Morgan fingerprint density at radius 1 is 0.774 bits per heavy atom. The van der Waals surface area contributed by atoms with Crippen LogP contribution in [-0.4, -0.2) is 107 Å². The summed E-state index contributed by atoms with van der Waals surface area (Å²) in [5.41, 5.74) is 2.23. The van der Waals surface area contributed by atoms with Gasteiger partial charge in [-0.15, -0.1) is 0 Å². The molecule has 0 aliphatic heterocycles. The average molecular weight is 451 g/mol. The molecule has 31 heavy (non-hydrogen) atoms. The highest BCUT2D eigenvalue weighted by molar-refractivity contribution is 4.98. The van der Waals surface area contributed by atoms with E-state index in [0.29, 0.717) is 13.2 Å². The van der Waals surface area contributed by atoms with Gasteiger partial charge in [-0.3, -0.25) is 0 Å². The number of nitrogens with two attached hydrogens (primary N) is 1. The molecular formula is C22H50N4O5. The monoisotopic (exact) mass is 450 g/mol. The summed E-state index contributed by atoms with van der Waals surface area (Å²) in [5.74, 6) is 0. The Kier molecular flexibility index (Phi) is 17.0. The molecule has 9 nitrogen and oxygen atoms in total. The van der Waals surface area contributed by atoms with Crippen LogP contribution in [0.1, 0.15) is 46.5 Å². The van der Waals surface area contributed by atoms with Gasteiger partial charge in [0.1, 0.15) is 16.8 Å². The van der Waals surface area contributed by atoms with Gasteiger partial charge < -0.3 is 46.1 Å². The number of rotatable bonds is 22. The first-order valence-electron chi connectivity index (χ1n) is 11.5. The second kappa shape index (κ2) is 17.2. The van der Waals surface area contributed by atoms with Crippen LogP contribution in [0.3, 0.4) is 0 Å². The van der Waals surface area contributed by atoms with E-state index in [9.17, 15) is 10.2 Å². The lowest BCUT2D eigenvalue weighted by Crippen LogP contribution is -2.62. The summed E-state index contributed by atoms with van der Waals surface area (Å²) in [6.45, 7) is 11.5. The summed E-state index contributed by atoms with van der Waals surface area (Å²) in [4.78, 5) is 0. The number of hydrogen-bond donors (Lipinski definition) is 6. The fourth-order valence-corrected chi connectivity index (χ4v) is 3.37. The van der Waals surface area contributed by atoms with Crippen molar-refractivity contribution in [2.45, 2.75) is 63.3 Å². The van der Waals surface area contributed by atoms with Crippen molar-refractivity contribution in [1.29, 1.82) is 0 Å². The largest absolute Gasteiger partial charge is 0.393 e. The Bertz CT molecular complexity index is 431. The Morgan fingerprint density at radius 2 is 1.29 bits per heavy atom. The summed E-state index contributed by atoms with van der Waals surface area (Å²) < 4.78 is 17.0. The SMILES string of the molecule is COCC(C)(O[C@@](C)(CNCCCNCCCCNCCCN)COC)[C@](C)(O)CO.